The minimum atomic E-state index is -5.15. The Morgan fingerprint density at radius 1 is 0.973 bits per heavy atom. The Hall–Kier alpha value is -3.40. The molecule has 0 fully saturated rings. The maximum atomic E-state index is 14.2. The van der Waals surface area contributed by atoms with Crippen LogP contribution in [0, 0.1) is 15.2 Å². The summed E-state index contributed by atoms with van der Waals surface area (Å²) in [6.07, 6.45) is -2.49. The maximum absolute atomic E-state index is 14.2. The number of sulfonamides is 1. The van der Waals surface area contributed by atoms with Crippen molar-refractivity contribution in [2.45, 2.75) is 17.1 Å². The summed E-state index contributed by atoms with van der Waals surface area (Å²) < 4.78 is 97.8. The van der Waals surface area contributed by atoms with Crippen molar-refractivity contribution in [1.82, 2.24) is 15.3 Å². The van der Waals surface area contributed by atoms with Gasteiger partial charge in [0.1, 0.15) is 22.0 Å². The molecule has 1 heterocycles. The molecule has 1 unspecified atom stereocenters. The fraction of sp³-hybridized carbons (Fsp3) is 0.0870. The van der Waals surface area contributed by atoms with Gasteiger partial charge in [-0.2, -0.15) is 13.2 Å². The molecule has 0 spiro atoms. The predicted octanol–water partition coefficient (Wildman–Crippen LogP) is 5.35. The molecule has 0 aliphatic rings. The van der Waals surface area contributed by atoms with E-state index in [0.29, 0.717) is 15.7 Å². The number of anilines is 1. The zero-order chi connectivity index (χ0) is 27.0. The van der Waals surface area contributed by atoms with Gasteiger partial charge in [0.05, 0.1) is 16.8 Å². The second-order valence-corrected chi connectivity index (χ2v) is 10.5. The highest BCUT2D eigenvalue weighted by Gasteiger charge is 2.43. The lowest BCUT2D eigenvalue weighted by molar-refractivity contribution is -0.155. The molecule has 0 aliphatic heterocycles. The summed E-state index contributed by atoms with van der Waals surface area (Å²) in [6.45, 7) is 0. The topological polar surface area (TPSA) is 101 Å². The Morgan fingerprint density at radius 3 is 2.41 bits per heavy atom. The van der Waals surface area contributed by atoms with Gasteiger partial charge in [-0.25, -0.2) is 17.2 Å². The third-order valence-electron chi connectivity index (χ3n) is 5.10. The van der Waals surface area contributed by atoms with Gasteiger partial charge in [-0.1, -0.05) is 12.1 Å². The molecule has 0 radical (unpaired) electrons. The van der Waals surface area contributed by atoms with Crippen molar-refractivity contribution in [2.24, 2.45) is 0 Å². The second-order valence-electron chi connectivity index (χ2n) is 7.59. The first kappa shape index (κ1) is 26.7. The summed E-state index contributed by atoms with van der Waals surface area (Å²) in [5, 5.41) is 1.68. The Bertz CT molecular complexity index is 1610. The van der Waals surface area contributed by atoms with Crippen molar-refractivity contribution >= 4 is 55.2 Å². The van der Waals surface area contributed by atoms with Gasteiger partial charge in [0.25, 0.3) is 15.9 Å². The van der Waals surface area contributed by atoms with Crippen LogP contribution in [0.1, 0.15) is 22.0 Å². The van der Waals surface area contributed by atoms with Crippen LogP contribution in [0.25, 0.3) is 11.0 Å². The third-order valence-corrected chi connectivity index (χ3v) is 7.17. The van der Waals surface area contributed by atoms with Crippen molar-refractivity contribution in [3.05, 3.63) is 93.3 Å². The zero-order valence-electron chi connectivity index (χ0n) is 18.2. The molecule has 1 aromatic heterocycles. The molecule has 3 aromatic carbocycles. The number of carbonyl (C=O) groups is 1. The lowest BCUT2D eigenvalue weighted by atomic mass is 10.0. The summed E-state index contributed by atoms with van der Waals surface area (Å²) in [7, 11) is -4.39. The number of hydrogen-bond acceptors (Lipinski definition) is 5. The maximum Gasteiger partial charge on any atom is 0.412 e. The number of fused-ring (bicyclic) bond motifs is 1. The molecule has 0 saturated heterocycles. The van der Waals surface area contributed by atoms with Crippen molar-refractivity contribution in [3.63, 3.8) is 0 Å². The van der Waals surface area contributed by atoms with E-state index in [-0.39, 0.29) is 27.7 Å². The monoisotopic (exact) mass is 648 g/mol. The number of hydrogen-bond donors (Lipinski definition) is 2. The van der Waals surface area contributed by atoms with Crippen LogP contribution in [0.4, 0.5) is 27.6 Å². The quantitative estimate of drug-likeness (QED) is 0.217. The summed E-state index contributed by atoms with van der Waals surface area (Å²) in [5.74, 6) is -3.96. The Morgan fingerprint density at radius 2 is 1.70 bits per heavy atom. The molecule has 4 aromatic rings. The first-order valence-corrected chi connectivity index (χ1v) is 12.8. The molecular formula is C23H14F5IN4O3S. The van der Waals surface area contributed by atoms with E-state index in [4.69, 9.17) is 0 Å². The first-order chi connectivity index (χ1) is 17.4. The number of carbonyl (C=O) groups excluding carboxylic acids is 1. The number of nitrogens with zero attached hydrogens (tertiary/aromatic N) is 2. The van der Waals surface area contributed by atoms with Gasteiger partial charge >= 0.3 is 6.18 Å². The zero-order valence-corrected chi connectivity index (χ0v) is 21.2. The normalized spacial score (nSPS) is 12.8. The lowest BCUT2D eigenvalue weighted by Gasteiger charge is -2.23. The van der Waals surface area contributed by atoms with Crippen molar-refractivity contribution in [3.8, 4) is 0 Å². The van der Waals surface area contributed by atoms with Gasteiger partial charge in [0.2, 0.25) is 0 Å². The van der Waals surface area contributed by atoms with Gasteiger partial charge in [0, 0.05) is 27.6 Å². The standard InChI is InChI=1S/C23H14F5IN4O3S/c24-12-4-6-14(16(25)10-12)21(23(26,27)28)32-22(34)15-7-5-13(29)11-18(15)33-37(35,36)19-3-1-2-17-20(19)31-9-8-30-17/h1-11,21,33H,(H,32,34). The molecule has 0 bridgehead atoms. The van der Waals surface area contributed by atoms with Gasteiger partial charge in [-0.3, -0.25) is 19.5 Å². The van der Waals surface area contributed by atoms with Crippen LogP contribution in [0.5, 0.6) is 0 Å². The predicted molar refractivity (Wildman–Crippen MR) is 132 cm³/mol. The van der Waals surface area contributed by atoms with E-state index < -0.39 is 50.9 Å². The van der Waals surface area contributed by atoms with Crippen LogP contribution >= 0.6 is 22.6 Å². The molecule has 192 valence electrons. The SMILES string of the molecule is O=C(NC(c1ccc(F)cc1F)C(F)(F)F)c1ccc(I)cc1NS(=O)(=O)c1cccc2nccnc12. The van der Waals surface area contributed by atoms with E-state index in [1.165, 1.54) is 42.7 Å². The smallest absolute Gasteiger partial charge is 0.337 e. The van der Waals surface area contributed by atoms with E-state index in [1.54, 1.807) is 5.32 Å². The molecule has 2 N–H and O–H groups in total. The first-order valence-electron chi connectivity index (χ1n) is 10.2. The second kappa shape index (κ2) is 10.2. The van der Waals surface area contributed by atoms with Crippen LogP contribution < -0.4 is 10.0 Å². The lowest BCUT2D eigenvalue weighted by Crippen LogP contribution is -2.39. The van der Waals surface area contributed by atoms with Gasteiger partial charge in [0.15, 0.2) is 6.04 Å². The molecular weight excluding hydrogens is 634 g/mol. The van der Waals surface area contributed by atoms with Crippen LogP contribution in [0.3, 0.4) is 0 Å². The summed E-state index contributed by atoms with van der Waals surface area (Å²) in [6, 6.07) is 6.58. The van der Waals surface area contributed by atoms with E-state index in [2.05, 4.69) is 14.7 Å². The van der Waals surface area contributed by atoms with Gasteiger partial charge in [-0.15, -0.1) is 0 Å². The molecule has 0 saturated carbocycles. The van der Waals surface area contributed by atoms with E-state index in [9.17, 15) is 35.2 Å². The Labute approximate surface area is 220 Å². The van der Waals surface area contributed by atoms with Gasteiger partial charge < -0.3 is 5.32 Å². The fourth-order valence-electron chi connectivity index (χ4n) is 3.46. The minimum absolute atomic E-state index is 0.0399. The number of rotatable bonds is 6. The fourth-order valence-corrected chi connectivity index (χ4v) is 5.19. The molecule has 1 atom stereocenters. The highest BCUT2D eigenvalue weighted by molar-refractivity contribution is 14.1. The molecule has 0 aliphatic carbocycles. The summed E-state index contributed by atoms with van der Waals surface area (Å²) in [5.41, 5.74) is -1.49. The third kappa shape index (κ3) is 5.79. The molecule has 7 nitrogen and oxygen atoms in total. The average molecular weight is 648 g/mol. The molecule has 1 amide bonds. The van der Waals surface area contributed by atoms with Gasteiger partial charge in [-0.05, 0) is 59.0 Å². The summed E-state index contributed by atoms with van der Waals surface area (Å²) >= 11 is 1.83. The minimum Gasteiger partial charge on any atom is -0.337 e. The number of aromatic nitrogens is 2. The van der Waals surface area contributed by atoms with E-state index in [1.807, 2.05) is 22.6 Å². The van der Waals surface area contributed by atoms with E-state index >= 15 is 0 Å². The van der Waals surface area contributed by atoms with Crippen LogP contribution in [-0.4, -0.2) is 30.5 Å². The number of nitrogens with one attached hydrogen (secondary N) is 2. The number of halogens is 6. The average Bonchev–Trinajstić information content (AvgIpc) is 2.81. The number of amides is 1. The van der Waals surface area contributed by atoms with Crippen molar-refractivity contribution in [2.75, 3.05) is 4.72 Å². The van der Waals surface area contributed by atoms with Crippen molar-refractivity contribution in [1.29, 1.82) is 0 Å². The highest BCUT2D eigenvalue weighted by Crippen LogP contribution is 2.35. The number of para-hydroxylation sites is 1. The Balaban J connectivity index is 1.72. The van der Waals surface area contributed by atoms with Crippen LogP contribution in [0.2, 0.25) is 0 Å². The van der Waals surface area contributed by atoms with Crippen LogP contribution in [0.15, 0.2) is 71.9 Å². The van der Waals surface area contributed by atoms with Crippen LogP contribution in [-0.2, 0) is 10.0 Å². The van der Waals surface area contributed by atoms with Crippen molar-refractivity contribution < 1.29 is 35.2 Å². The summed E-state index contributed by atoms with van der Waals surface area (Å²) in [4.78, 5) is 20.7. The molecule has 4 rings (SSSR count). The van der Waals surface area contributed by atoms with E-state index in [0.717, 1.165) is 6.07 Å². The molecule has 14 heteroatoms. The number of alkyl halides is 3. The molecule has 37 heavy (non-hydrogen) atoms. The largest absolute Gasteiger partial charge is 0.412 e. The Kier molecular flexibility index (Phi) is 7.32. The number of benzene rings is 3. The highest BCUT2D eigenvalue weighted by atomic mass is 127.